The molecular weight excluding hydrogens is 1840 g/mol. The molecule has 51 heteroatoms. The van der Waals surface area contributed by atoms with Crippen LogP contribution in [0.4, 0.5) is 69.5 Å². The van der Waals surface area contributed by atoms with E-state index in [4.69, 9.17) is 102 Å². The fraction of sp³-hybridized carbons (Fsp3) is 0.369. The molecule has 9 N–H and O–H groups in total. The molecular formula is C84H108B15N10O19S7. The van der Waals surface area contributed by atoms with Gasteiger partial charge in [0.2, 0.25) is 0 Å². The third-order valence-corrected chi connectivity index (χ3v) is 20.0. The van der Waals surface area contributed by atoms with Crippen molar-refractivity contribution in [2.45, 2.75) is 154 Å². The first-order valence-corrected chi connectivity index (χ1v) is 45.1. The Hall–Kier alpha value is -11.3. The molecule has 695 valence electrons. The number of imidazole rings is 1. The van der Waals surface area contributed by atoms with Crippen molar-refractivity contribution in [3.05, 3.63) is 196 Å². The Bertz CT molecular complexity index is 5640. The highest BCUT2D eigenvalue weighted by atomic mass is 32.1. The van der Waals surface area contributed by atoms with Crippen LogP contribution in [0.5, 0.6) is 0 Å². The number of methoxy groups -OCH3 is 3. The number of amides is 5. The van der Waals surface area contributed by atoms with Crippen LogP contribution >= 0.6 is 79.4 Å². The van der Waals surface area contributed by atoms with Gasteiger partial charge in [-0.3, -0.25) is 29.9 Å². The molecule has 8 aromatic heterocycles. The molecule has 135 heavy (non-hydrogen) atoms. The second-order valence-corrected chi connectivity index (χ2v) is 36.3. The van der Waals surface area contributed by atoms with Gasteiger partial charge in [-0.1, -0.05) is 33.7 Å². The van der Waals surface area contributed by atoms with Gasteiger partial charge in [0, 0.05) is 218 Å². The number of aromatic amines is 1. The molecule has 0 saturated heterocycles. The molecule has 17 radical (unpaired) electrons. The zero-order valence-corrected chi connectivity index (χ0v) is 83.5. The Kier molecular flexibility index (Phi) is 62.2. The van der Waals surface area contributed by atoms with Crippen molar-refractivity contribution in [3.63, 3.8) is 0 Å². The molecule has 0 bridgehead atoms. The molecule has 0 aliphatic rings. The van der Waals surface area contributed by atoms with Crippen LogP contribution in [0.2, 0.25) is 0 Å². The van der Waals surface area contributed by atoms with Gasteiger partial charge < -0.3 is 64.8 Å². The fourth-order valence-electron chi connectivity index (χ4n) is 9.02. The number of nitrogens with one attached hydrogen (secondary N) is 4. The second-order valence-electron chi connectivity index (χ2n) is 31.1. The first kappa shape index (κ1) is 130. The average molecular weight is 1950 g/mol. The first-order chi connectivity index (χ1) is 61.3. The summed E-state index contributed by atoms with van der Waals surface area (Å²) in [5.41, 5.74) is 47.7. The van der Waals surface area contributed by atoms with Crippen molar-refractivity contribution in [2.24, 2.45) is 7.05 Å². The number of rotatable bonds is 16. The Labute approximate surface area is 835 Å². The first-order valence-electron chi connectivity index (χ1n) is 38.5. The number of H-pyrrole nitrogens is 1. The summed E-state index contributed by atoms with van der Waals surface area (Å²) in [6.07, 6.45) is -6.50. The van der Waals surface area contributed by atoms with Gasteiger partial charge in [0.1, 0.15) is 28.0 Å². The van der Waals surface area contributed by atoms with E-state index in [1.54, 1.807) is 201 Å². The Morgan fingerprint density at radius 3 is 1.10 bits per heavy atom. The van der Waals surface area contributed by atoms with Crippen LogP contribution in [0.25, 0.3) is 11.0 Å². The van der Waals surface area contributed by atoms with Gasteiger partial charge in [0.15, 0.2) is 0 Å². The Morgan fingerprint density at radius 1 is 0.437 bits per heavy atom. The number of aromatic nitrogens is 2. The second kappa shape index (κ2) is 64.6. The lowest BCUT2D eigenvalue weighted by Crippen LogP contribution is -2.73. The molecule has 0 aliphatic heterocycles. The third-order valence-electron chi connectivity index (χ3n) is 14.8. The quantitative estimate of drug-likeness (QED) is 0.0204. The van der Waals surface area contributed by atoms with E-state index in [1.807, 2.05) is 28.6 Å². The van der Waals surface area contributed by atoms with Gasteiger partial charge in [-0.2, -0.15) is 0 Å². The summed E-state index contributed by atoms with van der Waals surface area (Å²) >= 11 is 9.80. The predicted octanol–water partition coefficient (Wildman–Crippen LogP) is 15.5. The predicted molar refractivity (Wildman–Crippen MR) is 574 cm³/mol. The van der Waals surface area contributed by atoms with Crippen molar-refractivity contribution >= 4 is 298 Å². The molecule has 0 atom stereocenters. The molecule has 8 rings (SSSR count). The number of ether oxygens (including phenoxy) is 8. The normalized spacial score (nSPS) is 9.56. The molecule has 0 unspecified atom stereocenters. The number of anilines is 8. The number of carbonyl (C=O) groups excluding carboxylic acids is 8. The monoisotopic (exact) mass is 1950 g/mol. The van der Waals surface area contributed by atoms with Crippen molar-refractivity contribution in [3.8, 4) is 0 Å². The number of thiophene rings is 7. The van der Waals surface area contributed by atoms with Crippen molar-refractivity contribution < 1.29 is 86.2 Å². The highest BCUT2D eigenvalue weighted by Gasteiger charge is 2.37. The lowest BCUT2D eigenvalue weighted by Gasteiger charge is -2.35. The van der Waals surface area contributed by atoms with Crippen LogP contribution < -0.4 is 47.8 Å². The SMILES string of the molecule is C.C.C.C=C=C=C=C=C=C=C=C=C=C=C=C=C=C.CN(C(=O)OC(C)(C)C)c1cscc1C(=O)O.CN(C(=O)OC(C)(C)C)c1cscc1NC(=O)OC(C)(C)C.CNc1cscc1N.COC(=O)c1cscc1N.COC(=O)c1cscc1N(C)C(=O)OC(C)(C)C.COC(=O)c1cscc1NC(=O)OC(C)(C)C.Cn1c(=O)[nH]c2cscc21.[B][B]B([B])B(B([B])[B])B(B([B])[B])B([B])[B]. The highest BCUT2D eigenvalue weighted by Crippen LogP contribution is 2.33. The van der Waals surface area contributed by atoms with Crippen LogP contribution in [-0.2, 0) is 44.9 Å². The number of carbonyl (C=O) groups is 9. The summed E-state index contributed by atoms with van der Waals surface area (Å²) in [6.45, 7) is 33.2. The number of nitrogens with zero attached hydrogens (tertiary/aromatic N) is 4. The molecule has 8 heterocycles. The van der Waals surface area contributed by atoms with Gasteiger partial charge in [-0.05, 0) is 180 Å². The molecule has 0 aliphatic carbocycles. The standard InChI is InChI=1S/C15H24N2O4S.C15H4.C12H17NO4S.2C11H15NO4S.C6H6N2OS.C6H7NO2S.C5H8N2S.3CH4.B15/c1-14(2,3)20-12(18)16-10-8-22-9-11(10)17(7)13(19)21-15(4,5)6;1-3-5-7-9-11-13-15-14-12-10-8-6-4-2;1-12(2,3)17-11(15)13(4)9-7-18-6-8(9)10(14)16-5;1-11(2,3)16-10(14)12-8-6-17-5-7(8)9(13)15-4;1-11(2,3)16-10(15)12(4)8-6-17-5-7(8)9(13)14;1-8-5-3-10-2-4(5)7-6(8)9;1-9-6(8)4-2-10-3-5(4)7;1-7-5-3-8-2-4(5)6;;;;1-9-13(8)15(12(6)7)14(10(2)3)11(4)5/h8-9H,1-7H3,(H,16,18);1-2H2;6-7H,1-5H3;5-6H,1-4H3,(H,12,14);5-6H,1-4H3,(H,13,14);2-3H,1H3,(H,7,9);2-3H,7H2,1H3;2-3,7H,6H2,1H3;3*1H4;. The Morgan fingerprint density at radius 2 is 0.748 bits per heavy atom. The largest absolute Gasteiger partial charge is 0.478 e. The van der Waals surface area contributed by atoms with E-state index < -0.39 is 115 Å². The minimum absolute atomic E-state index is 0. The number of carboxylic acid groups (broad SMARTS) is 1. The number of aromatic carboxylic acids is 1. The molecule has 8 aromatic rings. The van der Waals surface area contributed by atoms with E-state index in [2.05, 4.69) is 123 Å². The summed E-state index contributed by atoms with van der Waals surface area (Å²) in [5, 5.41) is 41.4. The van der Waals surface area contributed by atoms with E-state index >= 15 is 0 Å². The van der Waals surface area contributed by atoms with Crippen LogP contribution in [0.3, 0.4) is 0 Å². The van der Waals surface area contributed by atoms with Crippen LogP contribution in [-0.4, -0.2) is 254 Å². The number of nitrogen functional groups attached to an aromatic ring is 2. The van der Waals surface area contributed by atoms with Crippen molar-refractivity contribution in [1.29, 1.82) is 0 Å². The number of esters is 3. The minimum atomic E-state index is -1.06. The summed E-state index contributed by atoms with van der Waals surface area (Å²) in [7, 11) is 58.0. The number of fused-ring (bicyclic) bond motifs is 1. The average Bonchev–Trinajstić information content (AvgIpc) is 1.67. The van der Waals surface area contributed by atoms with E-state index in [0.29, 0.717) is 50.8 Å². The van der Waals surface area contributed by atoms with Gasteiger partial charge in [-0.15, -0.1) is 79.4 Å². The molecule has 5 amide bonds. The number of hydrogen-bond acceptors (Lipinski definition) is 28. The zero-order valence-electron chi connectivity index (χ0n) is 77.8. The van der Waals surface area contributed by atoms with E-state index in [0.717, 1.165) is 22.4 Å². The highest BCUT2D eigenvalue weighted by molar-refractivity contribution is 8.12. The summed E-state index contributed by atoms with van der Waals surface area (Å²) in [5.74, 6) is -2.39. The third kappa shape index (κ3) is 51.8. The molecule has 0 saturated carbocycles. The molecule has 0 aromatic carbocycles. The van der Waals surface area contributed by atoms with Crippen LogP contribution in [0.15, 0.2) is 168 Å². The lowest BCUT2D eigenvalue weighted by atomic mass is 8.46. The zero-order chi connectivity index (χ0) is 101. The fourth-order valence-corrected chi connectivity index (χ4v) is 14.5. The number of aryl methyl sites for hydroxylation is 1. The number of hydrogen-bond donors (Lipinski definition) is 7. The minimum Gasteiger partial charge on any atom is -0.478 e. The summed E-state index contributed by atoms with van der Waals surface area (Å²) < 4.78 is 41.3. The Balaban J connectivity index is -0.000000721. The van der Waals surface area contributed by atoms with Gasteiger partial charge >= 0.3 is 60.0 Å². The summed E-state index contributed by atoms with van der Waals surface area (Å²) in [6, 6.07) is 0. The van der Waals surface area contributed by atoms with Crippen molar-refractivity contribution in [2.75, 3.05) is 91.6 Å². The maximum absolute atomic E-state index is 12.1. The maximum atomic E-state index is 12.1. The molecule has 29 nitrogen and oxygen atoms in total. The summed E-state index contributed by atoms with van der Waals surface area (Å²) in [4.78, 5) is 121. The smallest absolute Gasteiger partial charge is 0.414 e. The van der Waals surface area contributed by atoms with Crippen LogP contribution in [0, 0.1) is 0 Å². The lowest BCUT2D eigenvalue weighted by molar-refractivity contribution is 0.0572. The molecule has 0 fully saturated rings. The van der Waals surface area contributed by atoms with E-state index in [9.17, 15) is 47.9 Å². The topological polar surface area (TPSA) is 383 Å². The number of nitrogens with two attached hydrogens (primary N) is 2. The van der Waals surface area contributed by atoms with Gasteiger partial charge in [0.05, 0.1) is 100 Å². The van der Waals surface area contributed by atoms with Gasteiger partial charge in [-0.25, -0.2) is 47.9 Å². The van der Waals surface area contributed by atoms with Crippen LogP contribution in [0.1, 0.15) is 168 Å². The van der Waals surface area contributed by atoms with Crippen molar-refractivity contribution in [1.82, 2.24) is 9.55 Å². The van der Waals surface area contributed by atoms with E-state index in [1.165, 1.54) is 112 Å². The van der Waals surface area contributed by atoms with Gasteiger partial charge in [0.25, 0.3) is 0 Å². The number of carboxylic acids is 1. The molecule has 0 spiro atoms. The maximum Gasteiger partial charge on any atom is 0.414 e. The van der Waals surface area contributed by atoms with E-state index in [-0.39, 0.29) is 39.5 Å².